The highest BCUT2D eigenvalue weighted by molar-refractivity contribution is 6.04. The van der Waals surface area contributed by atoms with E-state index in [4.69, 9.17) is 9.47 Å². The smallest absolute Gasteiger partial charge is 0.420 e. The van der Waals surface area contributed by atoms with E-state index in [0.29, 0.717) is 33.8 Å². The summed E-state index contributed by atoms with van der Waals surface area (Å²) in [7, 11) is 0. The van der Waals surface area contributed by atoms with Crippen molar-refractivity contribution in [1.82, 2.24) is 9.13 Å². The van der Waals surface area contributed by atoms with E-state index in [-0.39, 0.29) is 5.69 Å². The average molecular weight is 485 g/mol. The largest absolute Gasteiger partial charge is 0.443 e. The van der Waals surface area contributed by atoms with Gasteiger partial charge in [0.1, 0.15) is 16.9 Å². The summed E-state index contributed by atoms with van der Waals surface area (Å²) in [6.45, 7) is 10.7. The van der Waals surface area contributed by atoms with Gasteiger partial charge in [0.05, 0.1) is 22.2 Å². The number of aromatic nitrogens is 2. The Morgan fingerprint density at radius 1 is 0.778 bits per heavy atom. The second-order valence-electron chi connectivity index (χ2n) is 10.4. The third-order valence-corrected chi connectivity index (χ3v) is 5.23. The van der Waals surface area contributed by atoms with Crippen LogP contribution in [0.25, 0.3) is 21.8 Å². The topological polar surface area (TPSA) is 79.5 Å². The van der Waals surface area contributed by atoms with Crippen molar-refractivity contribution in [1.29, 1.82) is 0 Å². The minimum absolute atomic E-state index is 0.217. The van der Waals surface area contributed by atoms with Gasteiger partial charge in [-0.3, -0.25) is 9.36 Å². The van der Waals surface area contributed by atoms with E-state index in [0.717, 1.165) is 5.39 Å². The zero-order valence-corrected chi connectivity index (χ0v) is 21.2. The predicted molar refractivity (Wildman–Crippen MR) is 139 cm³/mol. The maximum Gasteiger partial charge on any atom is 0.420 e. The monoisotopic (exact) mass is 484 g/mol. The number of rotatable bonds is 1. The SMILES string of the molecule is CC(C)(C)OC(=O)n1cc(C#Cc2c(C=O)c3ccccc3n2C(=O)OC(C)(C)C)c2ccccc21. The molecule has 0 spiro atoms. The van der Waals surface area contributed by atoms with E-state index in [1.54, 1.807) is 78.1 Å². The zero-order chi connectivity index (χ0) is 26.3. The number of nitrogens with zero attached hydrogens (tertiary/aromatic N) is 2. The molecule has 0 amide bonds. The zero-order valence-electron chi connectivity index (χ0n) is 21.2. The molecule has 0 radical (unpaired) electrons. The number of carbonyl (C=O) groups is 3. The number of fused-ring (bicyclic) bond motifs is 2. The summed E-state index contributed by atoms with van der Waals surface area (Å²) >= 11 is 0. The Labute approximate surface area is 209 Å². The number of aldehydes is 1. The normalized spacial score (nSPS) is 11.7. The van der Waals surface area contributed by atoms with Crippen molar-refractivity contribution in [3.8, 4) is 11.8 Å². The summed E-state index contributed by atoms with van der Waals surface area (Å²) < 4.78 is 13.9. The molecular formula is C29H28N2O5. The number of hydrogen-bond acceptors (Lipinski definition) is 5. The molecule has 184 valence electrons. The van der Waals surface area contributed by atoms with Gasteiger partial charge in [-0.2, -0.15) is 0 Å². The van der Waals surface area contributed by atoms with Gasteiger partial charge in [0.2, 0.25) is 0 Å². The molecule has 2 aromatic carbocycles. The quantitative estimate of drug-likeness (QED) is 0.232. The lowest BCUT2D eigenvalue weighted by Crippen LogP contribution is -2.27. The molecule has 0 aliphatic carbocycles. The Hall–Kier alpha value is -4.31. The molecule has 36 heavy (non-hydrogen) atoms. The van der Waals surface area contributed by atoms with E-state index in [9.17, 15) is 14.4 Å². The first kappa shape index (κ1) is 24.8. The lowest BCUT2D eigenvalue weighted by molar-refractivity contribution is 0.0532. The maximum atomic E-state index is 13.2. The van der Waals surface area contributed by atoms with Crippen molar-refractivity contribution < 1.29 is 23.9 Å². The molecule has 0 bridgehead atoms. The fourth-order valence-electron chi connectivity index (χ4n) is 3.87. The second kappa shape index (κ2) is 9.04. The summed E-state index contributed by atoms with van der Waals surface area (Å²) in [5, 5.41) is 1.34. The Kier molecular flexibility index (Phi) is 6.23. The molecule has 7 heteroatoms. The lowest BCUT2D eigenvalue weighted by Gasteiger charge is -2.20. The molecule has 4 rings (SSSR count). The molecule has 0 aliphatic heterocycles. The molecule has 0 N–H and O–H groups in total. The molecule has 4 aromatic rings. The fraction of sp³-hybridized carbons (Fsp3) is 0.276. The molecule has 0 aliphatic rings. The molecule has 2 heterocycles. The third kappa shape index (κ3) is 4.89. The number of benzene rings is 2. The summed E-state index contributed by atoms with van der Waals surface area (Å²) in [4.78, 5) is 38.1. The van der Waals surface area contributed by atoms with Crippen molar-refractivity contribution in [3.05, 3.63) is 71.5 Å². The highest BCUT2D eigenvalue weighted by Crippen LogP contribution is 2.27. The van der Waals surface area contributed by atoms with Crippen LogP contribution in [0, 0.1) is 11.8 Å². The molecular weight excluding hydrogens is 456 g/mol. The summed E-state index contributed by atoms with van der Waals surface area (Å²) in [5.41, 5.74) is 0.814. The maximum absolute atomic E-state index is 13.2. The van der Waals surface area contributed by atoms with Crippen LogP contribution in [-0.2, 0) is 9.47 Å². The van der Waals surface area contributed by atoms with Gasteiger partial charge < -0.3 is 9.47 Å². The van der Waals surface area contributed by atoms with Crippen LogP contribution < -0.4 is 0 Å². The van der Waals surface area contributed by atoms with Gasteiger partial charge in [-0.05, 0) is 59.6 Å². The number of carbonyl (C=O) groups excluding carboxylic acids is 3. The van der Waals surface area contributed by atoms with Crippen molar-refractivity contribution in [2.75, 3.05) is 0 Å². The van der Waals surface area contributed by atoms with Gasteiger partial charge in [-0.25, -0.2) is 14.2 Å². The Morgan fingerprint density at radius 3 is 1.94 bits per heavy atom. The number of hydrogen-bond donors (Lipinski definition) is 0. The molecule has 0 fully saturated rings. The van der Waals surface area contributed by atoms with Crippen molar-refractivity contribution in [3.63, 3.8) is 0 Å². The first-order chi connectivity index (χ1) is 16.9. The summed E-state index contributed by atoms with van der Waals surface area (Å²) in [6, 6.07) is 14.4. The summed E-state index contributed by atoms with van der Waals surface area (Å²) in [6.07, 6.45) is 1.14. The van der Waals surface area contributed by atoms with Gasteiger partial charge in [0, 0.05) is 17.0 Å². The van der Waals surface area contributed by atoms with Gasteiger partial charge in [-0.1, -0.05) is 42.3 Å². The van der Waals surface area contributed by atoms with Crippen LogP contribution in [0.4, 0.5) is 9.59 Å². The van der Waals surface area contributed by atoms with Crippen LogP contribution in [0.1, 0.15) is 63.2 Å². The molecule has 0 unspecified atom stereocenters. The van der Waals surface area contributed by atoms with E-state index in [2.05, 4.69) is 11.8 Å². The van der Waals surface area contributed by atoms with Gasteiger partial charge in [-0.15, -0.1) is 0 Å². The first-order valence-electron chi connectivity index (χ1n) is 11.6. The molecule has 0 atom stereocenters. The number of para-hydroxylation sites is 2. The highest BCUT2D eigenvalue weighted by atomic mass is 16.6. The van der Waals surface area contributed by atoms with E-state index >= 15 is 0 Å². The van der Waals surface area contributed by atoms with Crippen molar-refractivity contribution >= 4 is 40.3 Å². The Bertz CT molecular complexity index is 1560. The minimum atomic E-state index is -0.741. The first-order valence-corrected chi connectivity index (χ1v) is 11.6. The second-order valence-corrected chi connectivity index (χ2v) is 10.4. The van der Waals surface area contributed by atoms with E-state index < -0.39 is 23.4 Å². The van der Waals surface area contributed by atoms with Crippen LogP contribution in [0.3, 0.4) is 0 Å². The highest BCUT2D eigenvalue weighted by Gasteiger charge is 2.25. The van der Waals surface area contributed by atoms with Gasteiger partial charge in [0.25, 0.3) is 0 Å². The van der Waals surface area contributed by atoms with Crippen LogP contribution in [-0.4, -0.2) is 38.8 Å². The van der Waals surface area contributed by atoms with Crippen LogP contribution in [0.2, 0.25) is 0 Å². The predicted octanol–water partition coefficient (Wildman–Crippen LogP) is 6.37. The van der Waals surface area contributed by atoms with Gasteiger partial charge in [0.15, 0.2) is 6.29 Å². The van der Waals surface area contributed by atoms with Crippen molar-refractivity contribution in [2.24, 2.45) is 0 Å². The minimum Gasteiger partial charge on any atom is -0.443 e. The molecule has 0 saturated heterocycles. The standard InChI is InChI=1S/C29H28N2O5/c1-28(2,3)35-26(33)30-17-19(20-11-7-9-13-23(20)30)15-16-25-22(18-32)21-12-8-10-14-24(21)31(25)27(34)36-29(4,5)6/h7-14,17-18H,1-6H3. The van der Waals surface area contributed by atoms with Crippen molar-refractivity contribution in [2.45, 2.75) is 52.7 Å². The van der Waals surface area contributed by atoms with E-state index in [1.165, 1.54) is 9.13 Å². The Morgan fingerprint density at radius 2 is 1.33 bits per heavy atom. The molecule has 2 aromatic heterocycles. The van der Waals surface area contributed by atoms with Crippen LogP contribution >= 0.6 is 0 Å². The molecule has 0 saturated carbocycles. The lowest BCUT2D eigenvalue weighted by atomic mass is 10.1. The molecule has 7 nitrogen and oxygen atoms in total. The van der Waals surface area contributed by atoms with Crippen LogP contribution in [0.15, 0.2) is 54.7 Å². The Balaban J connectivity index is 1.90. The average Bonchev–Trinajstić information content (AvgIpc) is 3.31. The van der Waals surface area contributed by atoms with Crippen LogP contribution in [0.5, 0.6) is 0 Å². The van der Waals surface area contributed by atoms with Gasteiger partial charge >= 0.3 is 12.2 Å². The fourth-order valence-corrected chi connectivity index (χ4v) is 3.87. The summed E-state index contributed by atoms with van der Waals surface area (Å²) in [5.74, 6) is 6.08. The van der Waals surface area contributed by atoms with E-state index in [1.807, 2.05) is 18.2 Å². The third-order valence-electron chi connectivity index (χ3n) is 5.23. The number of ether oxygens (including phenoxy) is 2.